The van der Waals surface area contributed by atoms with Crippen LogP contribution in [-0.4, -0.2) is 44.0 Å². The minimum atomic E-state index is -0.972. The van der Waals surface area contributed by atoms with Crippen LogP contribution in [0.5, 0.6) is 0 Å². The zero-order valence-electron chi connectivity index (χ0n) is 15.7. The summed E-state index contributed by atoms with van der Waals surface area (Å²) in [5.74, 6) is -0.913. The van der Waals surface area contributed by atoms with E-state index in [2.05, 4.69) is 4.99 Å². The second-order valence-electron chi connectivity index (χ2n) is 6.68. The Morgan fingerprint density at radius 3 is 2.63 bits per heavy atom. The number of ether oxygens (including phenoxy) is 2. The van der Waals surface area contributed by atoms with Crippen LogP contribution in [0.1, 0.15) is 28.4 Å². The topological polar surface area (TPSA) is 51.1 Å². The molecule has 0 N–H and O–H groups in total. The Hall–Kier alpha value is -2.73. The van der Waals surface area contributed by atoms with E-state index in [-0.39, 0.29) is 18.9 Å². The molecule has 0 atom stereocenters. The van der Waals surface area contributed by atoms with Gasteiger partial charge in [-0.3, -0.25) is 0 Å². The monoisotopic (exact) mass is 370 g/mol. The maximum absolute atomic E-state index is 14.6. The van der Waals surface area contributed by atoms with Crippen LogP contribution < -0.4 is 0 Å². The van der Waals surface area contributed by atoms with Gasteiger partial charge in [-0.05, 0) is 43.7 Å². The van der Waals surface area contributed by atoms with Crippen molar-refractivity contribution in [3.8, 4) is 0 Å². The summed E-state index contributed by atoms with van der Waals surface area (Å²) in [6.45, 7) is 5.02. The molecular formula is C21H23FN2O3. The molecule has 27 heavy (non-hydrogen) atoms. The molecule has 0 spiro atoms. The highest BCUT2D eigenvalue weighted by Crippen LogP contribution is 2.38. The van der Waals surface area contributed by atoms with Crippen molar-refractivity contribution in [2.45, 2.75) is 19.4 Å². The van der Waals surface area contributed by atoms with Gasteiger partial charge in [0.1, 0.15) is 11.5 Å². The number of rotatable bonds is 6. The Labute approximate surface area is 158 Å². The van der Waals surface area contributed by atoms with Crippen molar-refractivity contribution in [1.29, 1.82) is 0 Å². The first-order valence-electron chi connectivity index (χ1n) is 8.86. The first kappa shape index (κ1) is 19.0. The van der Waals surface area contributed by atoms with E-state index < -0.39 is 17.4 Å². The summed E-state index contributed by atoms with van der Waals surface area (Å²) < 4.78 is 25.7. The second-order valence-corrected chi connectivity index (χ2v) is 6.68. The van der Waals surface area contributed by atoms with Crippen LogP contribution >= 0.6 is 0 Å². The lowest BCUT2D eigenvalue weighted by molar-refractivity contribution is -0.187. The molecule has 0 unspecified atom stereocenters. The Bertz CT molecular complexity index is 848. The van der Waals surface area contributed by atoms with Crippen molar-refractivity contribution in [2.24, 2.45) is 4.99 Å². The van der Waals surface area contributed by atoms with E-state index in [1.165, 1.54) is 6.07 Å². The third kappa shape index (κ3) is 4.01. The molecule has 3 rings (SSSR count). The fraction of sp³-hybridized carbons (Fsp3) is 0.333. The number of carbonyl (C=O) groups is 1. The number of hydrogen-bond donors (Lipinski definition) is 0. The molecule has 0 saturated carbocycles. The highest BCUT2D eigenvalue weighted by atomic mass is 19.1. The second kappa shape index (κ2) is 7.88. The van der Waals surface area contributed by atoms with Gasteiger partial charge in [0, 0.05) is 19.2 Å². The average Bonchev–Trinajstić information content (AvgIpc) is 2.65. The maximum atomic E-state index is 14.6. The van der Waals surface area contributed by atoms with Gasteiger partial charge in [0.25, 0.3) is 0 Å². The Morgan fingerprint density at radius 2 is 2.04 bits per heavy atom. The first-order valence-corrected chi connectivity index (χ1v) is 8.86. The number of esters is 1. The van der Waals surface area contributed by atoms with Crippen LogP contribution in [0.2, 0.25) is 0 Å². The first-order chi connectivity index (χ1) is 12.9. The summed E-state index contributed by atoms with van der Waals surface area (Å²) in [6.07, 6.45) is 1.59. The lowest BCUT2D eigenvalue weighted by Crippen LogP contribution is -2.50. The molecule has 1 heterocycles. The number of benzene rings is 2. The number of hydrogen-bond acceptors (Lipinski definition) is 4. The van der Waals surface area contributed by atoms with E-state index in [4.69, 9.17) is 9.47 Å². The number of aryl methyl sites for hydroxylation is 1. The lowest BCUT2D eigenvalue weighted by atomic mass is 9.87. The molecule has 5 nitrogen and oxygen atoms in total. The summed E-state index contributed by atoms with van der Waals surface area (Å²) in [5.41, 5.74) is 1.14. The van der Waals surface area contributed by atoms with Crippen LogP contribution in [-0.2, 0) is 15.1 Å². The number of carbonyl (C=O) groups excluding carboxylic acids is 1. The van der Waals surface area contributed by atoms with Crippen LogP contribution in [0, 0.1) is 12.7 Å². The van der Waals surface area contributed by atoms with Gasteiger partial charge in [0.2, 0.25) is 0 Å². The Morgan fingerprint density at radius 1 is 1.33 bits per heavy atom. The smallest absolute Gasteiger partial charge is 0.339 e. The molecule has 2 aromatic rings. The van der Waals surface area contributed by atoms with E-state index >= 15 is 0 Å². The minimum Gasteiger partial charge on any atom is -0.446 e. The standard InChI is InChI=1S/C21H23FN2O3/c1-4-24(3)14-23-19-10-15(2)17(11-18(19)22)21(12-26-13-21)27-20(25)16-8-6-5-7-9-16/h5-11,14H,4,12-13H2,1-3H3. The normalized spacial score (nSPS) is 15.4. The summed E-state index contributed by atoms with van der Waals surface area (Å²) in [6, 6.07) is 11.8. The van der Waals surface area contributed by atoms with E-state index in [9.17, 15) is 9.18 Å². The number of nitrogens with zero attached hydrogens (tertiary/aromatic N) is 2. The van der Waals surface area contributed by atoms with Gasteiger partial charge < -0.3 is 14.4 Å². The molecule has 6 heteroatoms. The SMILES string of the molecule is CCN(C)C=Nc1cc(C)c(C2(OC(=O)c3ccccc3)COC2)cc1F. The van der Waals surface area contributed by atoms with Crippen molar-refractivity contribution in [3.63, 3.8) is 0 Å². The molecule has 0 amide bonds. The Balaban J connectivity index is 1.88. The third-order valence-electron chi connectivity index (χ3n) is 4.65. The number of aliphatic imine (C=N–C) groups is 1. The van der Waals surface area contributed by atoms with Crippen LogP contribution in [0.25, 0.3) is 0 Å². The van der Waals surface area contributed by atoms with Crippen LogP contribution in [0.15, 0.2) is 47.5 Å². The van der Waals surface area contributed by atoms with E-state index in [0.29, 0.717) is 11.1 Å². The molecule has 1 aliphatic heterocycles. The van der Waals surface area contributed by atoms with Gasteiger partial charge in [0.15, 0.2) is 5.60 Å². The zero-order valence-corrected chi connectivity index (χ0v) is 15.7. The molecule has 1 fully saturated rings. The predicted octanol–water partition coefficient (Wildman–Crippen LogP) is 3.83. The third-order valence-corrected chi connectivity index (χ3v) is 4.65. The highest BCUT2D eigenvalue weighted by molar-refractivity contribution is 5.89. The van der Waals surface area contributed by atoms with Gasteiger partial charge in [0.05, 0.1) is 25.1 Å². The molecule has 1 aliphatic rings. The predicted molar refractivity (Wildman–Crippen MR) is 102 cm³/mol. The van der Waals surface area contributed by atoms with Crippen molar-refractivity contribution < 1.29 is 18.7 Å². The van der Waals surface area contributed by atoms with Gasteiger partial charge in [-0.2, -0.15) is 0 Å². The fourth-order valence-corrected chi connectivity index (χ4v) is 2.87. The Kier molecular flexibility index (Phi) is 5.56. The average molecular weight is 370 g/mol. The van der Waals surface area contributed by atoms with E-state index in [0.717, 1.165) is 12.1 Å². The molecule has 0 radical (unpaired) electrons. The van der Waals surface area contributed by atoms with Crippen molar-refractivity contribution in [3.05, 3.63) is 65.0 Å². The summed E-state index contributed by atoms with van der Waals surface area (Å²) >= 11 is 0. The highest BCUT2D eigenvalue weighted by Gasteiger charge is 2.46. The molecule has 0 aromatic heterocycles. The molecule has 0 aliphatic carbocycles. The molecular weight excluding hydrogens is 347 g/mol. The summed E-state index contributed by atoms with van der Waals surface area (Å²) in [7, 11) is 1.87. The molecule has 0 bridgehead atoms. The molecule has 142 valence electrons. The van der Waals surface area contributed by atoms with Crippen molar-refractivity contribution in [1.82, 2.24) is 4.90 Å². The van der Waals surface area contributed by atoms with Gasteiger partial charge >= 0.3 is 5.97 Å². The molecule has 1 saturated heterocycles. The summed E-state index contributed by atoms with van der Waals surface area (Å²) in [4.78, 5) is 18.6. The quantitative estimate of drug-likeness (QED) is 0.441. The van der Waals surface area contributed by atoms with Crippen LogP contribution in [0.4, 0.5) is 10.1 Å². The zero-order chi connectivity index (χ0) is 19.4. The van der Waals surface area contributed by atoms with E-state index in [1.807, 2.05) is 31.9 Å². The lowest BCUT2D eigenvalue weighted by Gasteiger charge is -2.41. The van der Waals surface area contributed by atoms with Crippen molar-refractivity contribution in [2.75, 3.05) is 26.8 Å². The summed E-state index contributed by atoms with van der Waals surface area (Å²) in [5, 5.41) is 0. The van der Waals surface area contributed by atoms with Gasteiger partial charge in [-0.25, -0.2) is 14.2 Å². The van der Waals surface area contributed by atoms with Gasteiger partial charge in [-0.15, -0.1) is 0 Å². The fourth-order valence-electron chi connectivity index (χ4n) is 2.87. The van der Waals surface area contributed by atoms with E-state index in [1.54, 1.807) is 36.7 Å². The van der Waals surface area contributed by atoms with Crippen molar-refractivity contribution >= 4 is 18.0 Å². The van der Waals surface area contributed by atoms with Gasteiger partial charge in [-0.1, -0.05) is 18.2 Å². The van der Waals surface area contributed by atoms with Crippen LogP contribution in [0.3, 0.4) is 0 Å². The molecule has 2 aromatic carbocycles. The minimum absolute atomic E-state index is 0.201. The maximum Gasteiger partial charge on any atom is 0.339 e. The number of halogens is 1. The largest absolute Gasteiger partial charge is 0.446 e.